The average molecular weight is 479 g/mol. The molecule has 3 heterocycles. The zero-order valence-electron chi connectivity index (χ0n) is 17.3. The molecule has 0 radical (unpaired) electrons. The molecular weight excluding hydrogens is 463 g/mol. The number of carbonyl (C=O) groups excluding carboxylic acids is 1. The van der Waals surface area contributed by atoms with Crippen LogP contribution in [0.5, 0.6) is 0 Å². The Bertz CT molecular complexity index is 1590. The molecule has 3 aromatic heterocycles. The number of aromatic nitrogens is 5. The summed E-state index contributed by atoms with van der Waals surface area (Å²) < 4.78 is 2.66. The minimum Gasteiger partial charge on any atom is -0.267 e. The first-order valence-electron chi connectivity index (χ1n) is 10.1. The van der Waals surface area contributed by atoms with Crippen molar-refractivity contribution < 1.29 is 4.79 Å². The van der Waals surface area contributed by atoms with Crippen LogP contribution in [0.4, 0.5) is 0 Å². The lowest BCUT2D eigenvalue weighted by Gasteiger charge is -2.10. The third-order valence-electron chi connectivity index (χ3n) is 5.25. The Kier molecular flexibility index (Phi) is 5.32. The normalized spacial score (nSPS) is 11.2. The Morgan fingerprint density at radius 1 is 1.06 bits per heavy atom. The predicted molar refractivity (Wildman–Crippen MR) is 128 cm³/mol. The highest BCUT2D eigenvalue weighted by molar-refractivity contribution is 6.37. The number of aryl methyl sites for hydroxylation is 1. The van der Waals surface area contributed by atoms with Gasteiger partial charge in [-0.15, -0.1) is 10.2 Å². The van der Waals surface area contributed by atoms with Crippen molar-refractivity contribution >= 4 is 45.8 Å². The van der Waals surface area contributed by atoms with Crippen molar-refractivity contribution in [2.75, 3.05) is 5.43 Å². The zero-order valence-corrected chi connectivity index (χ0v) is 18.8. The Hall–Kier alpha value is -3.75. The highest BCUT2D eigenvalue weighted by atomic mass is 35.5. The number of carbonyl (C=O) groups is 1. The SMILES string of the molecule is CCc1nn2c(nnc3c(=O)n(NC(=O)c4ccc(Cl)cc4Cl)ccc32)c1-c1ccccc1. The maximum Gasteiger partial charge on any atom is 0.299 e. The average Bonchev–Trinajstić information content (AvgIpc) is 3.20. The van der Waals surface area contributed by atoms with E-state index in [0.29, 0.717) is 22.6 Å². The van der Waals surface area contributed by atoms with Gasteiger partial charge in [0.25, 0.3) is 11.5 Å². The van der Waals surface area contributed by atoms with Gasteiger partial charge < -0.3 is 0 Å². The molecule has 1 N–H and O–H groups in total. The maximum absolute atomic E-state index is 13.1. The van der Waals surface area contributed by atoms with E-state index in [1.54, 1.807) is 16.6 Å². The number of hydrogen-bond donors (Lipinski definition) is 1. The van der Waals surface area contributed by atoms with Crippen LogP contribution in [0.1, 0.15) is 23.0 Å². The highest BCUT2D eigenvalue weighted by Gasteiger charge is 2.19. The smallest absolute Gasteiger partial charge is 0.267 e. The summed E-state index contributed by atoms with van der Waals surface area (Å²) in [5.74, 6) is -0.564. The fourth-order valence-electron chi connectivity index (χ4n) is 3.67. The molecule has 164 valence electrons. The summed E-state index contributed by atoms with van der Waals surface area (Å²) in [5, 5.41) is 13.7. The molecule has 0 aliphatic carbocycles. The molecule has 0 aliphatic heterocycles. The van der Waals surface area contributed by atoms with Gasteiger partial charge in [-0.05, 0) is 36.2 Å². The van der Waals surface area contributed by atoms with Crippen LogP contribution in [0.15, 0.2) is 65.6 Å². The van der Waals surface area contributed by atoms with Crippen molar-refractivity contribution in [1.82, 2.24) is 24.5 Å². The maximum atomic E-state index is 13.1. The molecule has 10 heteroatoms. The van der Waals surface area contributed by atoms with Gasteiger partial charge >= 0.3 is 0 Å². The van der Waals surface area contributed by atoms with E-state index in [-0.39, 0.29) is 16.1 Å². The van der Waals surface area contributed by atoms with Gasteiger partial charge in [-0.2, -0.15) is 5.10 Å². The summed E-state index contributed by atoms with van der Waals surface area (Å²) in [4.78, 5) is 25.7. The van der Waals surface area contributed by atoms with Crippen molar-refractivity contribution in [1.29, 1.82) is 0 Å². The molecule has 33 heavy (non-hydrogen) atoms. The van der Waals surface area contributed by atoms with Crippen LogP contribution in [0.3, 0.4) is 0 Å². The summed E-state index contributed by atoms with van der Waals surface area (Å²) in [7, 11) is 0. The number of amides is 1. The number of benzene rings is 2. The van der Waals surface area contributed by atoms with Crippen LogP contribution >= 0.6 is 23.2 Å². The van der Waals surface area contributed by atoms with E-state index in [9.17, 15) is 9.59 Å². The molecule has 0 atom stereocenters. The molecule has 0 saturated heterocycles. The van der Waals surface area contributed by atoms with Crippen LogP contribution in [-0.2, 0) is 6.42 Å². The van der Waals surface area contributed by atoms with Crippen molar-refractivity contribution in [3.05, 3.63) is 92.5 Å². The Labute approximate surface area is 197 Å². The minimum absolute atomic E-state index is 0.0669. The Morgan fingerprint density at radius 2 is 1.85 bits per heavy atom. The fraction of sp³-hybridized carbons (Fsp3) is 0.0870. The van der Waals surface area contributed by atoms with E-state index in [2.05, 4.69) is 20.7 Å². The lowest BCUT2D eigenvalue weighted by atomic mass is 10.0. The summed E-state index contributed by atoms with van der Waals surface area (Å²) >= 11 is 12.0. The Morgan fingerprint density at radius 3 is 2.58 bits per heavy atom. The quantitative estimate of drug-likeness (QED) is 0.414. The van der Waals surface area contributed by atoms with Gasteiger partial charge in [0.05, 0.1) is 21.8 Å². The summed E-state index contributed by atoms with van der Waals surface area (Å²) in [6, 6.07) is 15.9. The highest BCUT2D eigenvalue weighted by Crippen LogP contribution is 2.28. The van der Waals surface area contributed by atoms with Crippen LogP contribution < -0.4 is 11.0 Å². The fourth-order valence-corrected chi connectivity index (χ4v) is 4.16. The number of fused-ring (bicyclic) bond motifs is 3. The molecule has 5 aromatic rings. The van der Waals surface area contributed by atoms with Gasteiger partial charge in [-0.3, -0.25) is 15.0 Å². The largest absolute Gasteiger partial charge is 0.299 e. The second-order valence-electron chi connectivity index (χ2n) is 7.27. The first-order valence-corrected chi connectivity index (χ1v) is 10.8. The van der Waals surface area contributed by atoms with Crippen molar-refractivity contribution in [2.45, 2.75) is 13.3 Å². The van der Waals surface area contributed by atoms with Gasteiger partial charge in [0, 0.05) is 11.2 Å². The molecule has 0 fully saturated rings. The van der Waals surface area contributed by atoms with Gasteiger partial charge in [0.2, 0.25) is 0 Å². The first kappa shape index (κ1) is 21.1. The second-order valence-corrected chi connectivity index (χ2v) is 8.11. The number of hydrogen-bond acceptors (Lipinski definition) is 5. The molecule has 0 bridgehead atoms. The van der Waals surface area contributed by atoms with Crippen molar-refractivity contribution in [3.63, 3.8) is 0 Å². The van der Waals surface area contributed by atoms with E-state index in [0.717, 1.165) is 21.5 Å². The standard InChI is InChI=1S/C23H16Cl2N6O2/c1-2-17-19(13-6-4-3-5-7-13)21-27-26-20-18(31(21)28-17)10-11-30(23(20)33)29-22(32)15-9-8-14(24)12-16(15)25/h3-12H,2H2,1H3,(H,29,32). The lowest BCUT2D eigenvalue weighted by molar-refractivity contribution is 0.101. The number of halogens is 2. The zero-order chi connectivity index (χ0) is 23.1. The minimum atomic E-state index is -0.564. The van der Waals surface area contributed by atoms with Gasteiger partial charge in [0.1, 0.15) is 5.52 Å². The van der Waals surface area contributed by atoms with Gasteiger partial charge in [-0.25, -0.2) is 9.19 Å². The second kappa shape index (κ2) is 8.31. The molecule has 0 unspecified atom stereocenters. The monoisotopic (exact) mass is 478 g/mol. The van der Waals surface area contributed by atoms with Crippen LogP contribution in [0, 0.1) is 0 Å². The third kappa shape index (κ3) is 3.63. The van der Waals surface area contributed by atoms with Crippen LogP contribution in [0.2, 0.25) is 10.0 Å². The molecule has 0 spiro atoms. The van der Waals surface area contributed by atoms with E-state index >= 15 is 0 Å². The van der Waals surface area contributed by atoms with E-state index in [1.807, 2.05) is 37.3 Å². The van der Waals surface area contributed by atoms with Crippen LogP contribution in [-0.4, -0.2) is 30.4 Å². The Balaban J connectivity index is 1.61. The molecule has 0 saturated carbocycles. The van der Waals surface area contributed by atoms with E-state index in [4.69, 9.17) is 23.2 Å². The summed E-state index contributed by atoms with van der Waals surface area (Å²) in [5.41, 5.74) is 5.96. The first-order chi connectivity index (χ1) is 16.0. The van der Waals surface area contributed by atoms with Gasteiger partial charge in [-0.1, -0.05) is 60.5 Å². The van der Waals surface area contributed by atoms with Crippen molar-refractivity contribution in [3.8, 4) is 11.1 Å². The van der Waals surface area contributed by atoms with Gasteiger partial charge in [0.15, 0.2) is 11.2 Å². The molecule has 0 aliphatic rings. The van der Waals surface area contributed by atoms with E-state index in [1.165, 1.54) is 18.3 Å². The number of pyridine rings is 1. The molecule has 2 aromatic carbocycles. The summed E-state index contributed by atoms with van der Waals surface area (Å²) in [6.45, 7) is 2.01. The van der Waals surface area contributed by atoms with Crippen molar-refractivity contribution in [2.24, 2.45) is 0 Å². The molecule has 8 nitrogen and oxygen atoms in total. The molecule has 5 rings (SSSR count). The molecular formula is C23H16Cl2N6O2. The van der Waals surface area contributed by atoms with E-state index < -0.39 is 11.5 Å². The topological polar surface area (TPSA) is 94.2 Å². The predicted octanol–water partition coefficient (Wildman–Crippen LogP) is 4.36. The number of nitrogens with one attached hydrogen (secondary N) is 1. The molecule has 1 amide bonds. The summed E-state index contributed by atoms with van der Waals surface area (Å²) in [6.07, 6.45) is 2.13. The number of nitrogens with zero attached hydrogens (tertiary/aromatic N) is 5. The third-order valence-corrected chi connectivity index (χ3v) is 5.79. The number of rotatable bonds is 4. The van der Waals surface area contributed by atoms with Crippen LogP contribution in [0.25, 0.3) is 27.8 Å². The lowest BCUT2D eigenvalue weighted by Crippen LogP contribution is -2.33.